The summed E-state index contributed by atoms with van der Waals surface area (Å²) in [6.07, 6.45) is 2.37. The quantitative estimate of drug-likeness (QED) is 0.402. The molecule has 0 bridgehead atoms. The summed E-state index contributed by atoms with van der Waals surface area (Å²) < 4.78 is 5.70. The molecular weight excluding hydrogens is 268 g/mol. The maximum Gasteiger partial charge on any atom is 0.307 e. The Bertz CT molecular complexity index is 499. The normalized spacial score (nSPS) is 10.1. The van der Waals surface area contributed by atoms with E-state index in [9.17, 15) is 19.7 Å². The Kier molecular flexibility index (Phi) is 5.63. The van der Waals surface area contributed by atoms with Gasteiger partial charge in [0, 0.05) is 13.1 Å². The first-order valence-corrected chi connectivity index (χ1v) is 5.99. The fourth-order valence-electron chi connectivity index (χ4n) is 1.56. The second-order valence-corrected chi connectivity index (χ2v) is 3.95. The van der Waals surface area contributed by atoms with Crippen LogP contribution in [-0.4, -0.2) is 51.7 Å². The van der Waals surface area contributed by atoms with E-state index in [2.05, 4.69) is 9.84 Å². The molecule has 0 aliphatic rings. The van der Waals surface area contributed by atoms with Gasteiger partial charge >= 0.3 is 11.7 Å². The van der Waals surface area contributed by atoms with Crippen molar-refractivity contribution in [2.75, 3.05) is 20.2 Å². The number of ether oxygens (including phenoxy) is 1. The Hall–Kier alpha value is -2.45. The van der Waals surface area contributed by atoms with Crippen molar-refractivity contribution in [3.05, 3.63) is 22.5 Å². The summed E-state index contributed by atoms with van der Waals surface area (Å²) in [6, 6.07) is 0. The van der Waals surface area contributed by atoms with E-state index in [1.54, 1.807) is 6.92 Å². The molecule has 0 fully saturated rings. The Morgan fingerprint density at radius 2 is 2.25 bits per heavy atom. The number of likely N-dealkylation sites (N-methyl/N-ethyl adjacent to an activating group) is 1. The van der Waals surface area contributed by atoms with E-state index >= 15 is 0 Å². The van der Waals surface area contributed by atoms with Crippen LogP contribution in [0.1, 0.15) is 13.3 Å². The molecule has 0 aliphatic carbocycles. The van der Waals surface area contributed by atoms with Gasteiger partial charge < -0.3 is 9.64 Å². The lowest BCUT2D eigenvalue weighted by atomic mass is 10.3. The van der Waals surface area contributed by atoms with Crippen molar-refractivity contribution in [1.82, 2.24) is 14.7 Å². The number of aromatic nitrogens is 2. The molecule has 0 atom stereocenters. The molecule has 0 aliphatic heterocycles. The molecule has 0 N–H and O–H groups in total. The van der Waals surface area contributed by atoms with Crippen LogP contribution >= 0.6 is 0 Å². The molecule has 1 aromatic heterocycles. The zero-order valence-electron chi connectivity index (χ0n) is 11.3. The Morgan fingerprint density at radius 3 is 2.75 bits per heavy atom. The third-order valence-electron chi connectivity index (χ3n) is 2.68. The van der Waals surface area contributed by atoms with Gasteiger partial charge in [0.05, 0.1) is 18.5 Å². The fourth-order valence-corrected chi connectivity index (χ4v) is 1.56. The summed E-state index contributed by atoms with van der Waals surface area (Å²) in [5, 5.41) is 14.2. The predicted molar refractivity (Wildman–Crippen MR) is 67.8 cm³/mol. The summed E-state index contributed by atoms with van der Waals surface area (Å²) in [7, 11) is 1.28. The lowest BCUT2D eigenvalue weighted by molar-refractivity contribution is -0.385. The van der Waals surface area contributed by atoms with Gasteiger partial charge in [-0.2, -0.15) is 5.10 Å². The summed E-state index contributed by atoms with van der Waals surface area (Å²) in [5.41, 5.74) is -0.171. The highest BCUT2D eigenvalue weighted by Gasteiger charge is 2.16. The van der Waals surface area contributed by atoms with Crippen molar-refractivity contribution in [3.63, 3.8) is 0 Å². The summed E-state index contributed by atoms with van der Waals surface area (Å²) >= 11 is 0. The van der Waals surface area contributed by atoms with Crippen LogP contribution in [0.5, 0.6) is 0 Å². The minimum Gasteiger partial charge on any atom is -0.469 e. The number of methoxy groups -OCH3 is 1. The number of amides is 1. The molecule has 0 unspecified atom stereocenters. The lowest BCUT2D eigenvalue weighted by Crippen LogP contribution is -2.35. The van der Waals surface area contributed by atoms with E-state index in [1.165, 1.54) is 22.9 Å². The minimum absolute atomic E-state index is 0.106. The van der Waals surface area contributed by atoms with Gasteiger partial charge in [-0.25, -0.2) is 0 Å². The number of hydrogen-bond donors (Lipinski definition) is 0. The Morgan fingerprint density at radius 1 is 1.55 bits per heavy atom. The monoisotopic (exact) mass is 284 g/mol. The highest BCUT2D eigenvalue weighted by molar-refractivity contribution is 5.77. The second kappa shape index (κ2) is 7.22. The zero-order valence-corrected chi connectivity index (χ0v) is 11.3. The summed E-state index contributed by atoms with van der Waals surface area (Å²) in [4.78, 5) is 34.4. The Balaban J connectivity index is 2.57. The number of hydrogen-bond acceptors (Lipinski definition) is 6. The third-order valence-corrected chi connectivity index (χ3v) is 2.68. The van der Waals surface area contributed by atoms with Gasteiger partial charge in [-0.05, 0) is 6.92 Å². The van der Waals surface area contributed by atoms with Crippen molar-refractivity contribution >= 4 is 17.6 Å². The van der Waals surface area contributed by atoms with Crippen LogP contribution in [-0.2, 0) is 20.9 Å². The fraction of sp³-hybridized carbons (Fsp3) is 0.545. The average Bonchev–Trinajstić information content (AvgIpc) is 2.87. The van der Waals surface area contributed by atoms with Crippen molar-refractivity contribution in [2.45, 2.75) is 19.9 Å². The number of nitro groups is 1. The van der Waals surface area contributed by atoms with Crippen LogP contribution in [0.25, 0.3) is 0 Å². The molecule has 0 saturated carbocycles. The van der Waals surface area contributed by atoms with Gasteiger partial charge in [0.1, 0.15) is 18.9 Å². The smallest absolute Gasteiger partial charge is 0.307 e. The van der Waals surface area contributed by atoms with Gasteiger partial charge in [0.2, 0.25) is 5.91 Å². The van der Waals surface area contributed by atoms with Crippen LogP contribution < -0.4 is 0 Å². The molecule has 20 heavy (non-hydrogen) atoms. The maximum absolute atomic E-state index is 12.0. The van der Waals surface area contributed by atoms with Gasteiger partial charge in [0.25, 0.3) is 0 Å². The first kappa shape index (κ1) is 15.6. The van der Waals surface area contributed by atoms with Crippen LogP contribution in [0.3, 0.4) is 0 Å². The molecule has 0 radical (unpaired) electrons. The largest absolute Gasteiger partial charge is 0.469 e. The summed E-state index contributed by atoms with van der Waals surface area (Å²) in [6.45, 7) is 2.34. The SMILES string of the molecule is CCN(CCC(=O)OC)C(=O)Cn1cc([N+](=O)[O-])cn1. The molecule has 9 nitrogen and oxygen atoms in total. The van der Waals surface area contributed by atoms with E-state index in [4.69, 9.17) is 0 Å². The van der Waals surface area contributed by atoms with Gasteiger partial charge in [-0.15, -0.1) is 0 Å². The van der Waals surface area contributed by atoms with Crippen molar-refractivity contribution < 1.29 is 19.2 Å². The zero-order chi connectivity index (χ0) is 15.1. The molecule has 0 saturated heterocycles. The van der Waals surface area contributed by atoms with Crippen LogP contribution in [0.15, 0.2) is 12.4 Å². The first-order chi connectivity index (χ1) is 9.47. The highest BCUT2D eigenvalue weighted by atomic mass is 16.6. The van der Waals surface area contributed by atoms with Gasteiger partial charge in [0.15, 0.2) is 0 Å². The molecule has 1 rings (SSSR count). The van der Waals surface area contributed by atoms with E-state index in [0.717, 1.165) is 6.20 Å². The second-order valence-electron chi connectivity index (χ2n) is 3.95. The molecule has 0 spiro atoms. The van der Waals surface area contributed by atoms with Gasteiger partial charge in [-0.3, -0.25) is 24.4 Å². The number of esters is 1. The topological polar surface area (TPSA) is 108 Å². The van der Waals surface area contributed by atoms with E-state index in [0.29, 0.717) is 6.54 Å². The minimum atomic E-state index is -0.581. The lowest BCUT2D eigenvalue weighted by Gasteiger charge is -2.20. The summed E-state index contributed by atoms with van der Waals surface area (Å²) in [5.74, 6) is -0.666. The molecule has 1 heterocycles. The van der Waals surface area contributed by atoms with Crippen LogP contribution in [0.2, 0.25) is 0 Å². The third kappa shape index (κ3) is 4.34. The number of carbonyl (C=O) groups is 2. The molecule has 9 heteroatoms. The Labute approximate surface area is 115 Å². The first-order valence-electron chi connectivity index (χ1n) is 5.99. The molecule has 1 amide bonds. The van der Waals surface area contributed by atoms with Crippen molar-refractivity contribution in [2.24, 2.45) is 0 Å². The maximum atomic E-state index is 12.0. The average molecular weight is 284 g/mol. The van der Waals surface area contributed by atoms with E-state index in [-0.39, 0.29) is 31.1 Å². The number of carbonyl (C=O) groups excluding carboxylic acids is 2. The predicted octanol–water partition coefficient (Wildman–Crippen LogP) is 0.203. The van der Waals surface area contributed by atoms with Crippen molar-refractivity contribution in [1.29, 1.82) is 0 Å². The molecular formula is C11H16N4O5. The molecule has 0 aromatic carbocycles. The molecule has 1 aromatic rings. The van der Waals surface area contributed by atoms with E-state index in [1.807, 2.05) is 0 Å². The van der Waals surface area contributed by atoms with Crippen LogP contribution in [0, 0.1) is 10.1 Å². The highest BCUT2D eigenvalue weighted by Crippen LogP contribution is 2.08. The van der Waals surface area contributed by atoms with Crippen LogP contribution in [0.4, 0.5) is 5.69 Å². The van der Waals surface area contributed by atoms with Gasteiger partial charge in [-0.1, -0.05) is 0 Å². The standard InChI is InChI=1S/C11H16N4O5/c1-3-13(5-4-11(17)20-2)10(16)8-14-7-9(6-12-14)15(18)19/h6-7H,3-5,8H2,1-2H3. The van der Waals surface area contributed by atoms with Crippen molar-refractivity contribution in [3.8, 4) is 0 Å². The van der Waals surface area contributed by atoms with E-state index < -0.39 is 10.9 Å². The number of nitrogens with zero attached hydrogens (tertiary/aromatic N) is 4. The number of rotatable bonds is 7. The molecule has 110 valence electrons.